The van der Waals surface area contributed by atoms with E-state index in [2.05, 4.69) is 21.9 Å². The van der Waals surface area contributed by atoms with Crippen molar-refractivity contribution in [2.45, 2.75) is 0 Å². The van der Waals surface area contributed by atoms with Crippen LogP contribution in [0.25, 0.3) is 28.3 Å². The van der Waals surface area contributed by atoms with Crippen LogP contribution in [0.1, 0.15) is 15.9 Å². The van der Waals surface area contributed by atoms with Gasteiger partial charge in [-0.15, -0.1) is 0 Å². The van der Waals surface area contributed by atoms with E-state index in [1.807, 2.05) is 24.3 Å². The van der Waals surface area contributed by atoms with Crippen LogP contribution in [0.5, 0.6) is 0 Å². The Balaban J connectivity index is 1.33. The Morgan fingerprint density at radius 2 is 1.97 bits per heavy atom. The van der Waals surface area contributed by atoms with Crippen LogP contribution < -0.4 is 5.32 Å². The van der Waals surface area contributed by atoms with Crippen LogP contribution in [0.3, 0.4) is 0 Å². The number of imidazole rings is 1. The molecule has 1 aliphatic heterocycles. The molecule has 0 bridgehead atoms. The monoisotopic (exact) mass is 384 g/mol. The van der Waals surface area contributed by atoms with Crippen LogP contribution in [-0.4, -0.2) is 33.2 Å². The second-order valence-corrected chi connectivity index (χ2v) is 6.73. The largest absolute Gasteiger partial charge is 0.461 e. The number of benzene rings is 2. The molecule has 7 heteroatoms. The molecule has 5 rings (SSSR count). The molecule has 2 N–H and O–H groups in total. The van der Waals surface area contributed by atoms with Crippen LogP contribution in [0.4, 0.5) is 5.69 Å². The lowest BCUT2D eigenvalue weighted by atomic mass is 10.1. The number of aromatic nitrogens is 2. The molecule has 0 fully saturated rings. The number of hydrogen-bond donors (Lipinski definition) is 2. The predicted octanol–water partition coefficient (Wildman–Crippen LogP) is 3.89. The minimum Gasteiger partial charge on any atom is -0.461 e. The summed E-state index contributed by atoms with van der Waals surface area (Å²) < 4.78 is 5.36. The van der Waals surface area contributed by atoms with Crippen molar-refractivity contribution < 1.29 is 14.0 Å². The van der Waals surface area contributed by atoms with Crippen molar-refractivity contribution in [2.24, 2.45) is 0 Å². The fourth-order valence-electron chi connectivity index (χ4n) is 3.46. The molecule has 0 unspecified atom stereocenters. The van der Waals surface area contributed by atoms with Gasteiger partial charge in [0.15, 0.2) is 11.6 Å². The Hall–Kier alpha value is -4.13. The lowest BCUT2D eigenvalue weighted by Crippen LogP contribution is -2.32. The Kier molecular flexibility index (Phi) is 3.80. The topological polar surface area (TPSA) is 91.2 Å². The minimum atomic E-state index is -0.308. The van der Waals surface area contributed by atoms with Gasteiger partial charge in [-0.05, 0) is 36.4 Å². The molecular formula is C22H16N4O3. The zero-order chi connectivity index (χ0) is 20.0. The highest BCUT2D eigenvalue weighted by Crippen LogP contribution is 2.31. The summed E-state index contributed by atoms with van der Waals surface area (Å²) in [7, 11) is 0. The lowest BCUT2D eigenvalue weighted by Gasteiger charge is -2.17. The molecule has 2 aromatic carbocycles. The zero-order valence-corrected chi connectivity index (χ0v) is 15.3. The second-order valence-electron chi connectivity index (χ2n) is 6.73. The first-order valence-electron chi connectivity index (χ1n) is 9.04. The summed E-state index contributed by atoms with van der Waals surface area (Å²) >= 11 is 0. The van der Waals surface area contributed by atoms with Gasteiger partial charge in [-0.3, -0.25) is 14.5 Å². The maximum absolute atomic E-state index is 12.6. The van der Waals surface area contributed by atoms with Crippen molar-refractivity contribution in [1.29, 1.82) is 0 Å². The summed E-state index contributed by atoms with van der Waals surface area (Å²) in [6, 6.07) is 16.2. The van der Waals surface area contributed by atoms with E-state index in [9.17, 15) is 9.59 Å². The van der Waals surface area contributed by atoms with Crippen molar-refractivity contribution in [2.75, 3.05) is 11.9 Å². The quantitative estimate of drug-likeness (QED) is 0.558. The molecule has 2 amide bonds. The van der Waals surface area contributed by atoms with Crippen LogP contribution in [0.2, 0.25) is 0 Å². The van der Waals surface area contributed by atoms with E-state index in [4.69, 9.17) is 4.42 Å². The number of carbonyl (C=O) groups is 2. The van der Waals surface area contributed by atoms with Gasteiger partial charge in [0.1, 0.15) is 6.54 Å². The molecule has 29 heavy (non-hydrogen) atoms. The second kappa shape index (κ2) is 6.49. The molecular weight excluding hydrogens is 368 g/mol. The number of aromatic amines is 1. The van der Waals surface area contributed by atoms with Gasteiger partial charge in [-0.2, -0.15) is 0 Å². The fraction of sp³-hybridized carbons (Fsp3) is 0.0455. The summed E-state index contributed by atoms with van der Waals surface area (Å²) in [5, 5.41) is 2.83. The summed E-state index contributed by atoms with van der Waals surface area (Å²) in [6.07, 6.45) is 1.58. The van der Waals surface area contributed by atoms with E-state index in [-0.39, 0.29) is 18.4 Å². The van der Waals surface area contributed by atoms with E-state index in [1.165, 1.54) is 4.90 Å². The SMILES string of the molecule is C=C1c2ccccc2C(=O)N1CC(=O)Nc1ccc2nc(-c3ccco3)[nH]c2c1. The van der Waals surface area contributed by atoms with E-state index < -0.39 is 0 Å². The number of fused-ring (bicyclic) bond motifs is 2. The molecule has 7 nitrogen and oxygen atoms in total. The molecule has 0 spiro atoms. The van der Waals surface area contributed by atoms with E-state index in [0.717, 1.165) is 16.6 Å². The van der Waals surface area contributed by atoms with Crippen molar-refractivity contribution in [1.82, 2.24) is 14.9 Å². The minimum absolute atomic E-state index is 0.106. The number of carbonyl (C=O) groups excluding carboxylic acids is 2. The highest BCUT2D eigenvalue weighted by atomic mass is 16.3. The van der Waals surface area contributed by atoms with E-state index in [1.54, 1.807) is 36.6 Å². The van der Waals surface area contributed by atoms with Gasteiger partial charge in [0, 0.05) is 22.5 Å². The van der Waals surface area contributed by atoms with Crippen LogP contribution in [0.15, 0.2) is 71.9 Å². The Bertz CT molecular complexity index is 1240. The van der Waals surface area contributed by atoms with Gasteiger partial charge in [0.2, 0.25) is 5.91 Å². The smallest absolute Gasteiger partial charge is 0.259 e. The van der Waals surface area contributed by atoms with E-state index in [0.29, 0.717) is 28.5 Å². The number of anilines is 1. The fourth-order valence-corrected chi connectivity index (χ4v) is 3.46. The van der Waals surface area contributed by atoms with Gasteiger partial charge in [0.05, 0.1) is 17.3 Å². The van der Waals surface area contributed by atoms with Crippen LogP contribution in [0, 0.1) is 0 Å². The Morgan fingerprint density at radius 1 is 1.14 bits per heavy atom. The van der Waals surface area contributed by atoms with Gasteiger partial charge >= 0.3 is 0 Å². The first kappa shape index (κ1) is 17.0. The molecule has 3 heterocycles. The van der Waals surface area contributed by atoms with Gasteiger partial charge in [0.25, 0.3) is 5.91 Å². The molecule has 0 saturated heterocycles. The van der Waals surface area contributed by atoms with Crippen molar-refractivity contribution in [3.63, 3.8) is 0 Å². The summed E-state index contributed by atoms with van der Waals surface area (Å²) in [4.78, 5) is 34.1. The van der Waals surface area contributed by atoms with Gasteiger partial charge < -0.3 is 14.7 Å². The third-order valence-corrected chi connectivity index (χ3v) is 4.86. The number of nitrogens with zero attached hydrogens (tertiary/aromatic N) is 2. The normalized spacial score (nSPS) is 13.2. The molecule has 0 saturated carbocycles. The summed E-state index contributed by atoms with van der Waals surface area (Å²) in [6.45, 7) is 3.85. The molecule has 1 aliphatic rings. The van der Waals surface area contributed by atoms with Crippen molar-refractivity contribution in [3.05, 3.63) is 78.6 Å². The number of nitrogens with one attached hydrogen (secondary N) is 2. The Labute approximate surface area is 165 Å². The number of H-pyrrole nitrogens is 1. The van der Waals surface area contributed by atoms with Gasteiger partial charge in [-0.25, -0.2) is 4.98 Å². The number of hydrogen-bond acceptors (Lipinski definition) is 4. The number of furan rings is 1. The summed E-state index contributed by atoms with van der Waals surface area (Å²) in [5.41, 5.74) is 3.99. The lowest BCUT2D eigenvalue weighted by molar-refractivity contribution is -0.116. The third kappa shape index (κ3) is 2.89. The number of amides is 2. The average Bonchev–Trinajstić information content (AvgIpc) is 3.44. The van der Waals surface area contributed by atoms with Crippen molar-refractivity contribution >= 4 is 34.2 Å². The maximum Gasteiger partial charge on any atom is 0.259 e. The standard InChI is InChI=1S/C22H16N4O3/c1-13-15-5-2-3-6-16(15)22(28)26(13)12-20(27)23-14-8-9-17-18(11-14)25-21(24-17)19-7-4-10-29-19/h2-11H,1,12H2,(H,23,27)(H,24,25). The molecule has 2 aromatic heterocycles. The number of rotatable bonds is 4. The average molecular weight is 384 g/mol. The predicted molar refractivity (Wildman–Crippen MR) is 109 cm³/mol. The van der Waals surface area contributed by atoms with Crippen molar-refractivity contribution in [3.8, 4) is 11.6 Å². The Morgan fingerprint density at radius 3 is 2.72 bits per heavy atom. The highest BCUT2D eigenvalue weighted by Gasteiger charge is 2.31. The highest BCUT2D eigenvalue weighted by molar-refractivity contribution is 6.11. The molecule has 0 radical (unpaired) electrons. The molecule has 0 aliphatic carbocycles. The molecule has 4 aromatic rings. The first-order valence-corrected chi connectivity index (χ1v) is 9.04. The zero-order valence-electron chi connectivity index (χ0n) is 15.3. The first-order chi connectivity index (χ1) is 14.1. The van der Waals surface area contributed by atoms with Crippen LogP contribution in [-0.2, 0) is 4.79 Å². The maximum atomic E-state index is 12.6. The van der Waals surface area contributed by atoms with Gasteiger partial charge in [-0.1, -0.05) is 24.8 Å². The summed E-state index contributed by atoms with van der Waals surface area (Å²) in [5.74, 6) is 0.730. The molecule has 0 atom stereocenters. The van der Waals surface area contributed by atoms with Crippen LogP contribution >= 0.6 is 0 Å². The molecule has 142 valence electrons. The van der Waals surface area contributed by atoms with E-state index >= 15 is 0 Å². The third-order valence-electron chi connectivity index (χ3n) is 4.86.